The van der Waals surface area contributed by atoms with Gasteiger partial charge in [0.15, 0.2) is 0 Å². The number of hydrogen-bond donors (Lipinski definition) is 1. The van der Waals surface area contributed by atoms with Crippen LogP contribution in [0, 0.1) is 0 Å². The predicted octanol–water partition coefficient (Wildman–Crippen LogP) is 1.75. The zero-order valence-corrected chi connectivity index (χ0v) is 8.97. The molecular weight excluding hydrogens is 194 g/mol. The van der Waals surface area contributed by atoms with Gasteiger partial charge in [0.25, 0.3) is 0 Å². The van der Waals surface area contributed by atoms with Gasteiger partial charge < -0.3 is 5.73 Å². The highest BCUT2D eigenvalue weighted by molar-refractivity contribution is 7.16. The molecule has 0 aromatic carbocycles. The molecular formula is C10H13N3S. The molecule has 2 aromatic rings. The van der Waals surface area contributed by atoms with Crippen LogP contribution in [0.3, 0.4) is 0 Å². The molecule has 0 radical (unpaired) electrons. The van der Waals surface area contributed by atoms with E-state index in [0.29, 0.717) is 6.54 Å². The van der Waals surface area contributed by atoms with E-state index >= 15 is 0 Å². The van der Waals surface area contributed by atoms with Gasteiger partial charge in [-0.05, 0) is 24.4 Å². The Morgan fingerprint density at radius 2 is 2.29 bits per heavy atom. The van der Waals surface area contributed by atoms with Crippen molar-refractivity contribution >= 4 is 21.6 Å². The van der Waals surface area contributed by atoms with Crippen LogP contribution in [0.25, 0.3) is 10.2 Å². The summed E-state index contributed by atoms with van der Waals surface area (Å²) in [5, 5.41) is 3.25. The second kappa shape index (κ2) is 4.02. The molecule has 0 saturated heterocycles. The number of hydrogen-bond acceptors (Lipinski definition) is 4. The Morgan fingerprint density at radius 3 is 3.00 bits per heavy atom. The Kier molecular flexibility index (Phi) is 2.74. The fraction of sp³-hybridized carbons (Fsp3) is 0.400. The van der Waals surface area contributed by atoms with Crippen LogP contribution < -0.4 is 5.73 Å². The van der Waals surface area contributed by atoms with Gasteiger partial charge in [-0.25, -0.2) is 9.97 Å². The van der Waals surface area contributed by atoms with Crippen molar-refractivity contribution in [1.82, 2.24) is 9.97 Å². The predicted molar refractivity (Wildman–Crippen MR) is 59.6 cm³/mol. The highest BCUT2D eigenvalue weighted by Crippen LogP contribution is 2.21. The van der Waals surface area contributed by atoms with Crippen molar-refractivity contribution in [3.05, 3.63) is 23.0 Å². The molecule has 0 aliphatic carbocycles. The summed E-state index contributed by atoms with van der Waals surface area (Å²) in [4.78, 5) is 10.0. The van der Waals surface area contributed by atoms with E-state index < -0.39 is 0 Å². The summed E-state index contributed by atoms with van der Waals surface area (Å²) in [5.74, 6) is 0.874. The standard InChI is InChI=1S/C10H13N3S/c1-2-8-7-4-6-14-10(7)13-9(12-8)3-5-11/h4,6H,2-3,5,11H2,1H3. The molecule has 3 nitrogen and oxygen atoms in total. The van der Waals surface area contributed by atoms with Gasteiger partial charge in [-0.15, -0.1) is 11.3 Å². The smallest absolute Gasteiger partial charge is 0.131 e. The lowest BCUT2D eigenvalue weighted by atomic mass is 10.2. The average Bonchev–Trinajstić information content (AvgIpc) is 2.65. The second-order valence-electron chi connectivity index (χ2n) is 3.12. The zero-order valence-electron chi connectivity index (χ0n) is 8.16. The van der Waals surface area contributed by atoms with Crippen molar-refractivity contribution in [3.63, 3.8) is 0 Å². The maximum atomic E-state index is 5.49. The van der Waals surface area contributed by atoms with E-state index in [1.165, 1.54) is 5.39 Å². The SMILES string of the molecule is CCc1nc(CCN)nc2sccc12. The molecule has 74 valence electrons. The van der Waals surface area contributed by atoms with Crippen LogP contribution in [0.4, 0.5) is 0 Å². The number of rotatable bonds is 3. The quantitative estimate of drug-likeness (QED) is 0.834. The maximum Gasteiger partial charge on any atom is 0.131 e. The fourth-order valence-electron chi connectivity index (χ4n) is 1.48. The van der Waals surface area contributed by atoms with Crippen LogP contribution in [-0.4, -0.2) is 16.5 Å². The summed E-state index contributed by atoms with van der Waals surface area (Å²) in [6.07, 6.45) is 1.72. The molecule has 0 unspecified atom stereocenters. The van der Waals surface area contributed by atoms with Gasteiger partial charge >= 0.3 is 0 Å². The summed E-state index contributed by atoms with van der Waals surface area (Å²) in [6, 6.07) is 2.09. The normalized spacial score (nSPS) is 11.0. The number of thiophene rings is 1. The zero-order chi connectivity index (χ0) is 9.97. The van der Waals surface area contributed by atoms with Gasteiger partial charge in [-0.1, -0.05) is 6.92 Å². The Bertz CT molecular complexity index is 436. The largest absolute Gasteiger partial charge is 0.330 e. The van der Waals surface area contributed by atoms with Gasteiger partial charge in [0.2, 0.25) is 0 Å². The molecule has 2 heterocycles. The first-order chi connectivity index (χ1) is 6.85. The Morgan fingerprint density at radius 1 is 1.43 bits per heavy atom. The van der Waals surface area contributed by atoms with Gasteiger partial charge in [-0.3, -0.25) is 0 Å². The van der Waals surface area contributed by atoms with Crippen LogP contribution in [0.15, 0.2) is 11.4 Å². The van der Waals surface area contributed by atoms with Crippen molar-refractivity contribution < 1.29 is 0 Å². The molecule has 0 bridgehead atoms. The fourth-order valence-corrected chi connectivity index (χ4v) is 2.28. The van der Waals surface area contributed by atoms with E-state index in [1.54, 1.807) is 11.3 Å². The summed E-state index contributed by atoms with van der Waals surface area (Å²) in [5.41, 5.74) is 6.63. The summed E-state index contributed by atoms with van der Waals surface area (Å²) in [6.45, 7) is 2.73. The Balaban J connectivity index is 2.55. The molecule has 2 N–H and O–H groups in total. The first-order valence-corrected chi connectivity index (χ1v) is 5.66. The number of fused-ring (bicyclic) bond motifs is 1. The van der Waals surface area contributed by atoms with Crippen molar-refractivity contribution in [2.75, 3.05) is 6.54 Å². The second-order valence-corrected chi connectivity index (χ2v) is 4.01. The van der Waals surface area contributed by atoms with Crippen molar-refractivity contribution in [1.29, 1.82) is 0 Å². The minimum atomic E-state index is 0.611. The van der Waals surface area contributed by atoms with Crippen LogP contribution in [-0.2, 0) is 12.8 Å². The van der Waals surface area contributed by atoms with E-state index in [1.807, 2.05) is 0 Å². The molecule has 0 fully saturated rings. The molecule has 0 aliphatic heterocycles. The third-order valence-electron chi connectivity index (χ3n) is 2.15. The molecule has 0 spiro atoms. The lowest BCUT2D eigenvalue weighted by molar-refractivity contribution is 0.858. The van der Waals surface area contributed by atoms with Gasteiger partial charge in [-0.2, -0.15) is 0 Å². The van der Waals surface area contributed by atoms with Crippen LogP contribution in [0.2, 0.25) is 0 Å². The first kappa shape index (κ1) is 9.55. The van der Waals surface area contributed by atoms with Crippen LogP contribution in [0.1, 0.15) is 18.4 Å². The molecule has 14 heavy (non-hydrogen) atoms. The third kappa shape index (κ3) is 1.63. The molecule has 0 saturated carbocycles. The summed E-state index contributed by atoms with van der Waals surface area (Å²) in [7, 11) is 0. The molecule has 0 amide bonds. The Hall–Kier alpha value is -1.00. The lowest BCUT2D eigenvalue weighted by Crippen LogP contribution is -2.07. The van der Waals surface area contributed by atoms with E-state index in [9.17, 15) is 0 Å². The van der Waals surface area contributed by atoms with E-state index in [2.05, 4.69) is 28.3 Å². The molecule has 0 aliphatic rings. The van der Waals surface area contributed by atoms with Crippen molar-refractivity contribution in [2.45, 2.75) is 19.8 Å². The monoisotopic (exact) mass is 207 g/mol. The molecule has 2 aromatic heterocycles. The third-order valence-corrected chi connectivity index (χ3v) is 2.96. The molecule has 4 heteroatoms. The van der Waals surface area contributed by atoms with Crippen LogP contribution in [0.5, 0.6) is 0 Å². The summed E-state index contributed by atoms with van der Waals surface area (Å²) >= 11 is 1.66. The highest BCUT2D eigenvalue weighted by atomic mass is 32.1. The van der Waals surface area contributed by atoms with Gasteiger partial charge in [0.05, 0.1) is 5.69 Å². The summed E-state index contributed by atoms with van der Waals surface area (Å²) < 4.78 is 0. The minimum Gasteiger partial charge on any atom is -0.330 e. The molecule has 0 atom stereocenters. The number of nitrogens with zero attached hydrogens (tertiary/aromatic N) is 2. The molecule has 2 rings (SSSR count). The Labute approximate surface area is 87.0 Å². The van der Waals surface area contributed by atoms with Crippen molar-refractivity contribution in [3.8, 4) is 0 Å². The van der Waals surface area contributed by atoms with Crippen molar-refractivity contribution in [2.24, 2.45) is 5.73 Å². The van der Waals surface area contributed by atoms with E-state index in [0.717, 1.165) is 29.2 Å². The van der Waals surface area contributed by atoms with Gasteiger partial charge in [0.1, 0.15) is 10.7 Å². The minimum absolute atomic E-state index is 0.611. The number of aromatic nitrogens is 2. The number of nitrogens with two attached hydrogens (primary N) is 1. The highest BCUT2D eigenvalue weighted by Gasteiger charge is 2.06. The average molecular weight is 207 g/mol. The van der Waals surface area contributed by atoms with E-state index in [-0.39, 0.29) is 0 Å². The van der Waals surface area contributed by atoms with Crippen LogP contribution >= 0.6 is 11.3 Å². The number of aryl methyl sites for hydroxylation is 1. The van der Waals surface area contributed by atoms with Gasteiger partial charge in [0, 0.05) is 11.8 Å². The lowest BCUT2D eigenvalue weighted by Gasteiger charge is -2.02. The topological polar surface area (TPSA) is 51.8 Å². The van der Waals surface area contributed by atoms with E-state index in [4.69, 9.17) is 5.73 Å². The first-order valence-electron chi connectivity index (χ1n) is 4.78. The maximum absolute atomic E-state index is 5.49.